The van der Waals surface area contributed by atoms with Gasteiger partial charge in [0.2, 0.25) is 11.8 Å². The minimum Gasteiger partial charge on any atom is -0.444 e. The minimum atomic E-state index is -0.853. The fourth-order valence-corrected chi connectivity index (χ4v) is 3.88. The van der Waals surface area contributed by atoms with Crippen molar-refractivity contribution in [3.8, 4) is 0 Å². The lowest BCUT2D eigenvalue weighted by Crippen LogP contribution is -2.58. The third kappa shape index (κ3) is 8.86. The van der Waals surface area contributed by atoms with Gasteiger partial charge in [-0.05, 0) is 91.8 Å². The summed E-state index contributed by atoms with van der Waals surface area (Å²) in [6.45, 7) is 22.7. The van der Waals surface area contributed by atoms with Gasteiger partial charge in [0.05, 0.1) is 0 Å². The number of hydrogen-bond acceptors (Lipinski definition) is 4. The van der Waals surface area contributed by atoms with Crippen LogP contribution in [0.25, 0.3) is 0 Å². The van der Waals surface area contributed by atoms with E-state index < -0.39 is 29.3 Å². The van der Waals surface area contributed by atoms with E-state index in [0.717, 1.165) is 16.7 Å². The summed E-state index contributed by atoms with van der Waals surface area (Å²) < 4.78 is 5.45. The number of amides is 3. The van der Waals surface area contributed by atoms with E-state index in [1.165, 1.54) is 0 Å². The maximum Gasteiger partial charge on any atom is 0.408 e. The van der Waals surface area contributed by atoms with Gasteiger partial charge in [-0.2, -0.15) is 0 Å². The zero-order valence-corrected chi connectivity index (χ0v) is 23.8. The Bertz CT molecular complexity index is 896. The van der Waals surface area contributed by atoms with Crippen molar-refractivity contribution in [2.75, 3.05) is 0 Å². The van der Waals surface area contributed by atoms with E-state index in [0.29, 0.717) is 6.42 Å². The Balaban J connectivity index is 3.62. The number of hydrogen-bond donors (Lipinski definition) is 2. The molecule has 7 nitrogen and oxygen atoms in total. The topological polar surface area (TPSA) is 87.7 Å². The van der Waals surface area contributed by atoms with E-state index in [2.05, 4.69) is 10.6 Å². The molecule has 198 valence electrons. The van der Waals surface area contributed by atoms with Crippen LogP contribution in [0.2, 0.25) is 0 Å². The highest BCUT2D eigenvalue weighted by Gasteiger charge is 2.40. The molecule has 7 heteroatoms. The zero-order chi connectivity index (χ0) is 27.3. The molecular formula is C28H47N3O4. The van der Waals surface area contributed by atoms with Gasteiger partial charge in [0.25, 0.3) is 0 Å². The highest BCUT2D eigenvalue weighted by atomic mass is 16.6. The number of aryl methyl sites for hydroxylation is 1. The predicted octanol–water partition coefficient (Wildman–Crippen LogP) is 5.44. The largest absolute Gasteiger partial charge is 0.444 e. The van der Waals surface area contributed by atoms with Gasteiger partial charge in [-0.3, -0.25) is 9.59 Å². The molecule has 1 aromatic carbocycles. The first-order valence-corrected chi connectivity index (χ1v) is 12.6. The second-order valence-corrected chi connectivity index (χ2v) is 11.8. The van der Waals surface area contributed by atoms with Crippen molar-refractivity contribution in [1.82, 2.24) is 15.5 Å². The molecule has 0 saturated carbocycles. The van der Waals surface area contributed by atoms with Crippen LogP contribution < -0.4 is 10.6 Å². The number of benzene rings is 1. The molecule has 0 aliphatic carbocycles. The van der Waals surface area contributed by atoms with Crippen LogP contribution in [0.1, 0.15) is 98.4 Å². The summed E-state index contributed by atoms with van der Waals surface area (Å²) in [7, 11) is 0. The van der Waals surface area contributed by atoms with Crippen molar-refractivity contribution in [3.63, 3.8) is 0 Å². The fraction of sp³-hybridized carbons (Fsp3) is 0.679. The molecule has 0 radical (unpaired) electrons. The number of carbonyl (C=O) groups excluding carboxylic acids is 3. The highest BCUT2D eigenvalue weighted by Crippen LogP contribution is 2.30. The Morgan fingerprint density at radius 2 is 1.57 bits per heavy atom. The van der Waals surface area contributed by atoms with Crippen LogP contribution in [0.15, 0.2) is 18.2 Å². The Morgan fingerprint density at radius 1 is 1.00 bits per heavy atom. The first-order chi connectivity index (χ1) is 15.9. The second kappa shape index (κ2) is 11.9. The molecule has 0 aliphatic heterocycles. The van der Waals surface area contributed by atoms with Crippen molar-refractivity contribution in [2.24, 2.45) is 5.92 Å². The minimum absolute atomic E-state index is 0.166. The Morgan fingerprint density at radius 3 is 2.03 bits per heavy atom. The van der Waals surface area contributed by atoms with Gasteiger partial charge in [0.15, 0.2) is 0 Å². The molecule has 0 aliphatic rings. The van der Waals surface area contributed by atoms with Gasteiger partial charge in [-0.15, -0.1) is 0 Å². The number of nitrogens with zero attached hydrogens (tertiary/aromatic N) is 1. The predicted molar refractivity (Wildman–Crippen MR) is 141 cm³/mol. The Hall–Kier alpha value is -2.57. The van der Waals surface area contributed by atoms with Crippen molar-refractivity contribution >= 4 is 17.9 Å². The van der Waals surface area contributed by atoms with Gasteiger partial charge in [0.1, 0.15) is 17.7 Å². The highest BCUT2D eigenvalue weighted by molar-refractivity contribution is 5.93. The number of alkyl carbamates (subject to hydrolysis) is 1. The third-order valence-corrected chi connectivity index (χ3v) is 5.93. The lowest BCUT2D eigenvalue weighted by atomic mass is 9.91. The normalized spacial score (nSPS) is 14.7. The molecule has 2 N–H and O–H groups in total. The van der Waals surface area contributed by atoms with E-state index in [9.17, 15) is 14.4 Å². The Kier molecular flexibility index (Phi) is 10.4. The van der Waals surface area contributed by atoms with Gasteiger partial charge in [0, 0.05) is 11.6 Å². The quantitative estimate of drug-likeness (QED) is 0.509. The van der Waals surface area contributed by atoms with Crippen LogP contribution in [-0.2, 0) is 14.3 Å². The maximum atomic E-state index is 14.1. The first-order valence-electron chi connectivity index (χ1n) is 12.6. The summed E-state index contributed by atoms with van der Waals surface area (Å²) in [5.74, 6) is -0.732. The van der Waals surface area contributed by atoms with Crippen LogP contribution in [0, 0.1) is 19.8 Å². The molecule has 0 spiro atoms. The van der Waals surface area contributed by atoms with Crippen LogP contribution in [0.3, 0.4) is 0 Å². The fourth-order valence-electron chi connectivity index (χ4n) is 3.88. The number of ether oxygens (including phenoxy) is 1. The second-order valence-electron chi connectivity index (χ2n) is 11.8. The average molecular weight is 490 g/mol. The van der Waals surface area contributed by atoms with E-state index in [-0.39, 0.29) is 23.8 Å². The smallest absolute Gasteiger partial charge is 0.408 e. The standard InChI is InChI=1S/C28H47N3O4/c1-13-18(4)22(29-26(34)35-28(10,11)12)25(33)31(17(2)3)23(24(32)30-27(7,8)9)21-16-14-15-19(5)20(21)6/h14-18,22-23H,13H2,1-12H3,(H,29,34)(H,30,32). The van der Waals surface area contributed by atoms with E-state index in [4.69, 9.17) is 4.74 Å². The van der Waals surface area contributed by atoms with Crippen molar-refractivity contribution in [1.29, 1.82) is 0 Å². The number of rotatable bonds is 8. The lowest BCUT2D eigenvalue weighted by Gasteiger charge is -2.40. The molecule has 1 aromatic rings. The van der Waals surface area contributed by atoms with Crippen molar-refractivity contribution < 1.29 is 19.1 Å². The molecule has 1 rings (SSSR count). The monoisotopic (exact) mass is 489 g/mol. The lowest BCUT2D eigenvalue weighted by molar-refractivity contribution is -0.146. The molecule has 35 heavy (non-hydrogen) atoms. The summed E-state index contributed by atoms with van der Waals surface area (Å²) >= 11 is 0. The zero-order valence-electron chi connectivity index (χ0n) is 23.8. The molecular weight excluding hydrogens is 442 g/mol. The first kappa shape index (κ1) is 30.5. The average Bonchev–Trinajstić information content (AvgIpc) is 2.68. The summed E-state index contributed by atoms with van der Waals surface area (Å²) in [4.78, 5) is 42.1. The number of nitrogens with one attached hydrogen (secondary N) is 2. The maximum absolute atomic E-state index is 14.1. The van der Waals surface area contributed by atoms with Crippen molar-refractivity contribution in [2.45, 2.75) is 119 Å². The molecule has 0 saturated heterocycles. The molecule has 0 bridgehead atoms. The summed E-state index contributed by atoms with van der Waals surface area (Å²) in [6.07, 6.45) is 0.0165. The molecule has 3 unspecified atom stereocenters. The van der Waals surface area contributed by atoms with Crippen molar-refractivity contribution in [3.05, 3.63) is 34.9 Å². The number of carbonyl (C=O) groups is 3. The van der Waals surface area contributed by atoms with E-state index >= 15 is 0 Å². The van der Waals surface area contributed by atoms with E-state index in [1.54, 1.807) is 25.7 Å². The van der Waals surface area contributed by atoms with Crippen LogP contribution in [0.4, 0.5) is 4.79 Å². The molecule has 3 atom stereocenters. The SMILES string of the molecule is CCC(C)C(NC(=O)OC(C)(C)C)C(=O)N(C(C)C)C(C(=O)NC(C)(C)C)c1cccc(C)c1C. The molecule has 0 heterocycles. The molecule has 3 amide bonds. The summed E-state index contributed by atoms with van der Waals surface area (Å²) in [5, 5.41) is 5.86. The van der Waals surface area contributed by atoms with Crippen LogP contribution in [-0.4, -0.2) is 46.0 Å². The van der Waals surface area contributed by atoms with E-state index in [1.807, 2.05) is 80.5 Å². The van der Waals surface area contributed by atoms with Crippen LogP contribution in [0.5, 0.6) is 0 Å². The van der Waals surface area contributed by atoms with Gasteiger partial charge < -0.3 is 20.3 Å². The third-order valence-electron chi connectivity index (χ3n) is 5.93. The van der Waals surface area contributed by atoms with Crippen LogP contribution >= 0.6 is 0 Å². The van der Waals surface area contributed by atoms with Gasteiger partial charge in [-0.25, -0.2) is 4.79 Å². The Labute approximate surface area is 212 Å². The summed E-state index contributed by atoms with van der Waals surface area (Å²) in [6, 6.07) is 3.80. The molecule has 0 aromatic heterocycles. The van der Waals surface area contributed by atoms with Gasteiger partial charge in [-0.1, -0.05) is 38.5 Å². The molecule has 0 fully saturated rings. The van der Waals surface area contributed by atoms with Gasteiger partial charge >= 0.3 is 6.09 Å². The summed E-state index contributed by atoms with van der Waals surface area (Å²) in [5.41, 5.74) is 1.59.